The van der Waals surface area contributed by atoms with Crippen molar-refractivity contribution in [1.82, 2.24) is 0 Å². The van der Waals surface area contributed by atoms with Gasteiger partial charge < -0.3 is 4.74 Å². The molecule has 0 N–H and O–H groups in total. The molecule has 0 radical (unpaired) electrons. The molecule has 2 atom stereocenters. The molecule has 1 fully saturated rings. The Balaban J connectivity index is 2.86. The van der Waals surface area contributed by atoms with Gasteiger partial charge in [0.15, 0.2) is 0 Å². The zero-order chi connectivity index (χ0) is 12.6. The van der Waals surface area contributed by atoms with Gasteiger partial charge >= 0.3 is 5.97 Å². The Morgan fingerprint density at radius 1 is 1.19 bits per heavy atom. The highest BCUT2D eigenvalue weighted by molar-refractivity contribution is 5.69. The van der Waals surface area contributed by atoms with Crippen molar-refractivity contribution in [1.29, 1.82) is 0 Å². The van der Waals surface area contributed by atoms with Gasteiger partial charge in [-0.1, -0.05) is 48.0 Å². The monoisotopic (exact) mass is 226 g/mol. The zero-order valence-corrected chi connectivity index (χ0v) is 11.6. The van der Waals surface area contributed by atoms with Crippen LogP contribution < -0.4 is 0 Å². The van der Waals surface area contributed by atoms with E-state index in [0.717, 1.165) is 12.8 Å². The van der Waals surface area contributed by atoms with Crippen molar-refractivity contribution in [2.75, 3.05) is 0 Å². The summed E-state index contributed by atoms with van der Waals surface area (Å²) in [5.74, 6) is 0.586. The van der Waals surface area contributed by atoms with Gasteiger partial charge in [-0.05, 0) is 17.8 Å². The Labute approximate surface area is 99.8 Å². The molecular weight excluding hydrogens is 200 g/mol. The minimum absolute atomic E-state index is 0.0642. The normalized spacial score (nSPS) is 31.4. The third-order valence-corrected chi connectivity index (χ3v) is 5.04. The molecular formula is C14H26O2. The van der Waals surface area contributed by atoms with E-state index in [1.54, 1.807) is 0 Å². The minimum Gasteiger partial charge on any atom is -0.462 e. The molecule has 1 aliphatic rings. The van der Waals surface area contributed by atoms with Crippen molar-refractivity contribution in [3.63, 3.8) is 0 Å². The maximum absolute atomic E-state index is 11.4. The van der Waals surface area contributed by atoms with Crippen molar-refractivity contribution in [3.05, 3.63) is 0 Å². The summed E-state index contributed by atoms with van der Waals surface area (Å²) >= 11 is 0. The predicted molar refractivity (Wildman–Crippen MR) is 66.1 cm³/mol. The Bertz CT molecular complexity index is 266. The summed E-state index contributed by atoms with van der Waals surface area (Å²) in [6, 6.07) is 0. The van der Waals surface area contributed by atoms with E-state index in [2.05, 4.69) is 34.6 Å². The average Bonchev–Trinajstić information content (AvgIpc) is 2.37. The quantitative estimate of drug-likeness (QED) is 0.684. The lowest BCUT2D eigenvalue weighted by Gasteiger charge is -2.40. The molecule has 0 heterocycles. The average molecular weight is 226 g/mol. The fraction of sp³-hybridized carbons (Fsp3) is 0.929. The fourth-order valence-electron chi connectivity index (χ4n) is 2.90. The second-order valence-electron chi connectivity index (χ2n) is 6.12. The predicted octanol–water partition coefficient (Wildman–Crippen LogP) is 3.79. The first-order chi connectivity index (χ1) is 7.27. The summed E-state index contributed by atoms with van der Waals surface area (Å²) in [6.45, 7) is 13.2. The van der Waals surface area contributed by atoms with E-state index in [0.29, 0.717) is 12.3 Å². The molecule has 1 saturated carbocycles. The van der Waals surface area contributed by atoms with Crippen LogP contribution in [-0.2, 0) is 9.53 Å². The summed E-state index contributed by atoms with van der Waals surface area (Å²) in [5, 5.41) is 0. The first-order valence-electron chi connectivity index (χ1n) is 6.46. The van der Waals surface area contributed by atoms with E-state index in [4.69, 9.17) is 4.74 Å². The van der Waals surface area contributed by atoms with E-state index in [1.807, 2.05) is 6.92 Å². The third kappa shape index (κ3) is 1.99. The number of hydrogen-bond acceptors (Lipinski definition) is 2. The number of carbonyl (C=O) groups excluding carboxylic acids is 1. The van der Waals surface area contributed by atoms with Crippen molar-refractivity contribution in [2.45, 2.75) is 66.9 Å². The number of ether oxygens (including phenoxy) is 1. The van der Waals surface area contributed by atoms with Crippen LogP contribution >= 0.6 is 0 Å². The van der Waals surface area contributed by atoms with E-state index < -0.39 is 0 Å². The van der Waals surface area contributed by atoms with E-state index in [1.165, 1.54) is 0 Å². The van der Waals surface area contributed by atoms with Crippen LogP contribution in [0.5, 0.6) is 0 Å². The van der Waals surface area contributed by atoms with Crippen molar-refractivity contribution < 1.29 is 9.53 Å². The Morgan fingerprint density at radius 3 is 2.12 bits per heavy atom. The molecule has 1 aliphatic carbocycles. The topological polar surface area (TPSA) is 26.3 Å². The lowest BCUT2D eigenvalue weighted by Crippen LogP contribution is -2.38. The van der Waals surface area contributed by atoms with Crippen molar-refractivity contribution in [2.24, 2.45) is 16.7 Å². The molecule has 2 unspecified atom stereocenters. The van der Waals surface area contributed by atoms with E-state index in [-0.39, 0.29) is 22.9 Å². The molecule has 1 rings (SSSR count). The zero-order valence-electron chi connectivity index (χ0n) is 11.6. The summed E-state index contributed by atoms with van der Waals surface area (Å²) < 4.78 is 5.60. The highest BCUT2D eigenvalue weighted by Gasteiger charge is 2.55. The van der Waals surface area contributed by atoms with Crippen LogP contribution in [0.4, 0.5) is 0 Å². The summed E-state index contributed by atoms with van der Waals surface area (Å²) in [7, 11) is 0. The standard InChI is InChI=1S/C14H26O2/c1-7-10-9-11(16-12(15)8-2)14(5,6)13(10,3)4/h10-11H,7-9H2,1-6H3. The summed E-state index contributed by atoms with van der Waals surface area (Å²) in [4.78, 5) is 11.4. The highest BCUT2D eigenvalue weighted by Crippen LogP contribution is 2.57. The molecule has 0 saturated heterocycles. The van der Waals surface area contributed by atoms with E-state index in [9.17, 15) is 4.79 Å². The van der Waals surface area contributed by atoms with Gasteiger partial charge in [-0.2, -0.15) is 0 Å². The fourth-order valence-corrected chi connectivity index (χ4v) is 2.90. The lowest BCUT2D eigenvalue weighted by molar-refractivity contribution is -0.155. The van der Waals surface area contributed by atoms with Crippen LogP contribution in [0.3, 0.4) is 0 Å². The molecule has 0 aromatic heterocycles. The molecule has 0 aromatic rings. The first kappa shape index (κ1) is 13.5. The first-order valence-corrected chi connectivity index (χ1v) is 6.46. The number of rotatable bonds is 3. The maximum Gasteiger partial charge on any atom is 0.305 e. The summed E-state index contributed by atoms with van der Waals surface area (Å²) in [5.41, 5.74) is 0.305. The number of esters is 1. The van der Waals surface area contributed by atoms with Gasteiger partial charge in [0.25, 0.3) is 0 Å². The SMILES string of the molecule is CCC(=O)OC1CC(CC)C(C)(C)C1(C)C. The van der Waals surface area contributed by atoms with Gasteiger partial charge in [0.05, 0.1) is 0 Å². The number of hydrogen-bond donors (Lipinski definition) is 0. The van der Waals surface area contributed by atoms with Gasteiger partial charge in [-0.15, -0.1) is 0 Å². The van der Waals surface area contributed by atoms with Gasteiger partial charge in [-0.25, -0.2) is 0 Å². The molecule has 0 aliphatic heterocycles. The molecule has 2 heteroatoms. The summed E-state index contributed by atoms with van der Waals surface area (Å²) in [6.07, 6.45) is 2.74. The minimum atomic E-state index is -0.0642. The van der Waals surface area contributed by atoms with Crippen LogP contribution in [0.25, 0.3) is 0 Å². The largest absolute Gasteiger partial charge is 0.462 e. The lowest BCUT2D eigenvalue weighted by atomic mass is 9.66. The van der Waals surface area contributed by atoms with Crippen LogP contribution in [0.15, 0.2) is 0 Å². The smallest absolute Gasteiger partial charge is 0.305 e. The molecule has 0 bridgehead atoms. The molecule has 94 valence electrons. The Morgan fingerprint density at radius 2 is 1.75 bits per heavy atom. The molecule has 0 spiro atoms. The Kier molecular flexibility index (Phi) is 3.71. The Hall–Kier alpha value is -0.530. The highest BCUT2D eigenvalue weighted by atomic mass is 16.5. The van der Waals surface area contributed by atoms with E-state index >= 15 is 0 Å². The second-order valence-corrected chi connectivity index (χ2v) is 6.12. The van der Waals surface area contributed by atoms with Gasteiger partial charge in [-0.3, -0.25) is 4.79 Å². The maximum atomic E-state index is 11.4. The molecule has 0 amide bonds. The molecule has 16 heavy (non-hydrogen) atoms. The molecule has 2 nitrogen and oxygen atoms in total. The van der Waals surface area contributed by atoms with Crippen LogP contribution in [0.2, 0.25) is 0 Å². The van der Waals surface area contributed by atoms with Gasteiger partial charge in [0, 0.05) is 11.8 Å². The van der Waals surface area contributed by atoms with Crippen LogP contribution in [0.1, 0.15) is 60.8 Å². The van der Waals surface area contributed by atoms with Crippen LogP contribution in [0, 0.1) is 16.7 Å². The molecule has 0 aromatic carbocycles. The third-order valence-electron chi connectivity index (χ3n) is 5.04. The van der Waals surface area contributed by atoms with Crippen molar-refractivity contribution >= 4 is 5.97 Å². The van der Waals surface area contributed by atoms with Crippen molar-refractivity contribution in [3.8, 4) is 0 Å². The number of carbonyl (C=O) groups is 1. The van der Waals surface area contributed by atoms with Gasteiger partial charge in [0.2, 0.25) is 0 Å². The van der Waals surface area contributed by atoms with Gasteiger partial charge in [0.1, 0.15) is 6.10 Å². The second kappa shape index (κ2) is 4.38. The van der Waals surface area contributed by atoms with Crippen LogP contribution in [-0.4, -0.2) is 12.1 Å².